The molecule has 1 fully saturated rings. The van der Waals surface area contributed by atoms with Crippen LogP contribution in [0.25, 0.3) is 0 Å². The van der Waals surface area contributed by atoms with E-state index < -0.39 is 0 Å². The van der Waals surface area contributed by atoms with Crippen molar-refractivity contribution in [1.29, 1.82) is 0 Å². The van der Waals surface area contributed by atoms with Gasteiger partial charge in [0.2, 0.25) is 0 Å². The van der Waals surface area contributed by atoms with Crippen molar-refractivity contribution in [3.05, 3.63) is 60.2 Å². The molecule has 0 unspecified atom stereocenters. The summed E-state index contributed by atoms with van der Waals surface area (Å²) in [4.78, 5) is 1.30. The second-order valence-electron chi connectivity index (χ2n) is 6.59. The highest BCUT2D eigenvalue weighted by molar-refractivity contribution is 7.98. The van der Waals surface area contributed by atoms with Gasteiger partial charge in [0.05, 0.1) is 0 Å². The second kappa shape index (κ2) is 9.83. The second-order valence-corrected chi connectivity index (χ2v) is 8.04. The lowest BCUT2D eigenvalue weighted by molar-refractivity contribution is 0.535. The van der Waals surface area contributed by atoms with Gasteiger partial charge in [-0.3, -0.25) is 0 Å². The monoisotopic (exact) mass is 370 g/mol. The fraction of sp³-hybridized carbons (Fsp3) is 0.381. The number of thioether (sulfide) groups is 1. The van der Waals surface area contributed by atoms with Crippen molar-refractivity contribution in [3.8, 4) is 0 Å². The number of anilines is 1. The Bertz CT molecular complexity index is 647. The van der Waals surface area contributed by atoms with Crippen molar-refractivity contribution >= 4 is 34.8 Å². The minimum atomic E-state index is 0.532. The highest BCUT2D eigenvalue weighted by Gasteiger charge is 2.12. The summed E-state index contributed by atoms with van der Waals surface area (Å²) in [5.74, 6) is 0.981. The molecule has 4 heteroatoms. The normalized spacial score (nSPS) is 15.4. The largest absolute Gasteiger partial charge is 0.360 e. The van der Waals surface area contributed by atoms with E-state index >= 15 is 0 Å². The average molecular weight is 371 g/mol. The van der Waals surface area contributed by atoms with Crippen LogP contribution in [-0.4, -0.2) is 11.2 Å². The van der Waals surface area contributed by atoms with Crippen LogP contribution in [0.1, 0.15) is 44.1 Å². The van der Waals surface area contributed by atoms with Crippen LogP contribution < -0.4 is 10.6 Å². The molecule has 0 bridgehead atoms. The maximum Gasteiger partial charge on any atom is 0.170 e. The SMILES string of the molecule is S=C(Nc1ccc(CSc2ccccc2)cc1)NC1CCCCCC1. The van der Waals surface area contributed by atoms with Crippen molar-refractivity contribution in [3.63, 3.8) is 0 Å². The van der Waals surface area contributed by atoms with Crippen molar-refractivity contribution in [1.82, 2.24) is 5.32 Å². The molecule has 2 aromatic rings. The summed E-state index contributed by atoms with van der Waals surface area (Å²) in [6.45, 7) is 0. The van der Waals surface area contributed by atoms with Crippen LogP contribution in [0.2, 0.25) is 0 Å². The Morgan fingerprint density at radius 2 is 1.60 bits per heavy atom. The lowest BCUT2D eigenvalue weighted by Gasteiger charge is -2.19. The van der Waals surface area contributed by atoms with Gasteiger partial charge in [0.25, 0.3) is 0 Å². The first-order valence-electron chi connectivity index (χ1n) is 9.14. The molecule has 0 aromatic heterocycles. The Hall–Kier alpha value is -1.52. The average Bonchev–Trinajstić information content (AvgIpc) is 2.90. The molecule has 3 rings (SSSR count). The minimum absolute atomic E-state index is 0.532. The Morgan fingerprint density at radius 1 is 0.920 bits per heavy atom. The van der Waals surface area contributed by atoms with E-state index in [4.69, 9.17) is 12.2 Å². The fourth-order valence-corrected chi connectivity index (χ4v) is 4.30. The van der Waals surface area contributed by atoms with Gasteiger partial charge in [-0.15, -0.1) is 11.8 Å². The van der Waals surface area contributed by atoms with Crippen LogP contribution in [0, 0.1) is 0 Å². The highest BCUT2D eigenvalue weighted by Crippen LogP contribution is 2.23. The third-order valence-corrected chi connectivity index (χ3v) is 5.85. The summed E-state index contributed by atoms with van der Waals surface area (Å²) in [5.41, 5.74) is 2.38. The Balaban J connectivity index is 1.46. The maximum atomic E-state index is 5.48. The predicted molar refractivity (Wildman–Crippen MR) is 113 cm³/mol. The first-order valence-corrected chi connectivity index (χ1v) is 10.5. The van der Waals surface area contributed by atoms with E-state index in [2.05, 4.69) is 65.2 Å². The summed E-state index contributed by atoms with van der Waals surface area (Å²) in [6.07, 6.45) is 7.82. The zero-order chi connectivity index (χ0) is 17.3. The molecule has 0 radical (unpaired) electrons. The topological polar surface area (TPSA) is 24.1 Å². The molecule has 0 saturated heterocycles. The van der Waals surface area contributed by atoms with Gasteiger partial charge in [0.15, 0.2) is 5.11 Å². The molecule has 0 amide bonds. The molecule has 1 saturated carbocycles. The Labute approximate surface area is 160 Å². The lowest BCUT2D eigenvalue weighted by Crippen LogP contribution is -2.37. The first-order chi connectivity index (χ1) is 12.3. The number of thiocarbonyl (C=S) groups is 1. The number of benzene rings is 2. The van der Waals surface area contributed by atoms with E-state index in [1.54, 1.807) is 0 Å². The van der Waals surface area contributed by atoms with E-state index in [9.17, 15) is 0 Å². The van der Waals surface area contributed by atoms with Gasteiger partial charge in [0.1, 0.15) is 0 Å². The van der Waals surface area contributed by atoms with Gasteiger partial charge in [-0.1, -0.05) is 56.0 Å². The molecule has 2 N–H and O–H groups in total. The molecule has 1 aliphatic rings. The van der Waals surface area contributed by atoms with Crippen molar-refractivity contribution < 1.29 is 0 Å². The third-order valence-electron chi connectivity index (χ3n) is 4.55. The van der Waals surface area contributed by atoms with Gasteiger partial charge in [-0.05, 0) is 54.9 Å². The molecule has 132 valence electrons. The van der Waals surface area contributed by atoms with E-state index in [1.807, 2.05) is 11.8 Å². The van der Waals surface area contributed by atoms with E-state index in [-0.39, 0.29) is 0 Å². The Kier molecular flexibility index (Phi) is 7.19. The molecule has 25 heavy (non-hydrogen) atoms. The molecule has 2 nitrogen and oxygen atoms in total. The molecular weight excluding hydrogens is 344 g/mol. The van der Waals surface area contributed by atoms with Crippen LogP contribution in [-0.2, 0) is 5.75 Å². The molecule has 0 heterocycles. The molecular formula is C21H26N2S2. The highest BCUT2D eigenvalue weighted by atomic mass is 32.2. The fourth-order valence-electron chi connectivity index (χ4n) is 3.14. The van der Waals surface area contributed by atoms with E-state index in [1.165, 1.54) is 49.0 Å². The minimum Gasteiger partial charge on any atom is -0.360 e. The number of rotatable bonds is 5. The van der Waals surface area contributed by atoms with Crippen LogP contribution in [0.4, 0.5) is 5.69 Å². The van der Waals surface area contributed by atoms with Crippen LogP contribution >= 0.6 is 24.0 Å². The van der Waals surface area contributed by atoms with Gasteiger partial charge < -0.3 is 10.6 Å². The van der Waals surface area contributed by atoms with Gasteiger partial charge in [0, 0.05) is 22.4 Å². The van der Waals surface area contributed by atoms with Gasteiger partial charge in [-0.25, -0.2) is 0 Å². The zero-order valence-corrected chi connectivity index (χ0v) is 16.2. The lowest BCUT2D eigenvalue weighted by atomic mass is 10.1. The van der Waals surface area contributed by atoms with Crippen molar-refractivity contribution in [2.24, 2.45) is 0 Å². The van der Waals surface area contributed by atoms with Gasteiger partial charge in [-0.2, -0.15) is 0 Å². The molecule has 0 aliphatic heterocycles. The first kappa shape index (κ1) is 18.3. The molecule has 2 aromatic carbocycles. The zero-order valence-electron chi connectivity index (χ0n) is 14.5. The number of hydrogen-bond donors (Lipinski definition) is 2. The molecule has 0 spiro atoms. The van der Waals surface area contributed by atoms with Crippen LogP contribution in [0.5, 0.6) is 0 Å². The summed E-state index contributed by atoms with van der Waals surface area (Å²) in [7, 11) is 0. The number of hydrogen-bond acceptors (Lipinski definition) is 2. The van der Waals surface area contributed by atoms with Crippen molar-refractivity contribution in [2.75, 3.05) is 5.32 Å². The van der Waals surface area contributed by atoms with E-state index in [0.29, 0.717) is 6.04 Å². The standard InChI is InChI=1S/C21H26N2S2/c24-21(22-18-8-4-1-2-5-9-18)23-19-14-12-17(13-15-19)16-25-20-10-6-3-7-11-20/h3,6-7,10-15,18H,1-2,4-5,8-9,16H2,(H2,22,23,24). The molecule has 0 atom stereocenters. The van der Waals surface area contributed by atoms with Crippen LogP contribution in [0.3, 0.4) is 0 Å². The predicted octanol–water partition coefficient (Wildman–Crippen LogP) is 5.99. The summed E-state index contributed by atoms with van der Waals surface area (Å²) < 4.78 is 0. The number of nitrogens with one attached hydrogen (secondary N) is 2. The van der Waals surface area contributed by atoms with Crippen LogP contribution in [0.15, 0.2) is 59.5 Å². The summed E-state index contributed by atoms with van der Waals surface area (Å²) in [6, 6.07) is 19.6. The summed E-state index contributed by atoms with van der Waals surface area (Å²) >= 11 is 7.34. The summed E-state index contributed by atoms with van der Waals surface area (Å²) in [5, 5.41) is 7.56. The quantitative estimate of drug-likeness (QED) is 0.383. The third kappa shape index (κ3) is 6.37. The maximum absolute atomic E-state index is 5.48. The van der Waals surface area contributed by atoms with Crippen molar-refractivity contribution in [2.45, 2.75) is 55.2 Å². The Morgan fingerprint density at radius 3 is 2.28 bits per heavy atom. The van der Waals surface area contributed by atoms with Gasteiger partial charge >= 0.3 is 0 Å². The molecule has 1 aliphatic carbocycles. The smallest absolute Gasteiger partial charge is 0.170 e. The van der Waals surface area contributed by atoms with E-state index in [0.717, 1.165) is 16.6 Å².